The number of rotatable bonds is 8. The van der Waals surface area contributed by atoms with E-state index in [1.807, 2.05) is 62.4 Å². The van der Waals surface area contributed by atoms with Gasteiger partial charge in [0.15, 0.2) is 0 Å². The first-order valence-electron chi connectivity index (χ1n) is 11.7. The van der Waals surface area contributed by atoms with Crippen molar-refractivity contribution in [2.75, 3.05) is 13.1 Å². The third-order valence-electron chi connectivity index (χ3n) is 6.00. The summed E-state index contributed by atoms with van der Waals surface area (Å²) in [5.41, 5.74) is 2.22. The van der Waals surface area contributed by atoms with E-state index in [2.05, 4.69) is 22.4 Å². The summed E-state index contributed by atoms with van der Waals surface area (Å²) in [5, 5.41) is 14.4. The molecular weight excluding hydrogens is 446 g/mol. The van der Waals surface area contributed by atoms with Crippen LogP contribution >= 0.6 is 11.8 Å². The number of aliphatic hydroxyl groups is 1. The van der Waals surface area contributed by atoms with E-state index >= 15 is 0 Å². The molecule has 3 unspecified atom stereocenters. The molecule has 0 saturated carbocycles. The highest BCUT2D eigenvalue weighted by atomic mass is 32.2. The van der Waals surface area contributed by atoms with E-state index in [0.29, 0.717) is 13.0 Å². The number of carbonyl (C=O) groups is 2. The van der Waals surface area contributed by atoms with Crippen LogP contribution in [0.1, 0.15) is 36.3 Å². The minimum Gasteiger partial charge on any atom is -0.390 e. The number of likely N-dealkylation sites (tertiary alicyclic amines) is 1. The molecule has 0 bridgehead atoms. The maximum Gasteiger partial charge on any atom is 0.270 e. The molecule has 178 valence electrons. The molecule has 4 rings (SSSR count). The summed E-state index contributed by atoms with van der Waals surface area (Å²) in [6, 6.07) is 20.6. The van der Waals surface area contributed by atoms with Gasteiger partial charge >= 0.3 is 0 Å². The van der Waals surface area contributed by atoms with Crippen LogP contribution in [0, 0.1) is 5.92 Å². The zero-order chi connectivity index (χ0) is 24.1. The van der Waals surface area contributed by atoms with Gasteiger partial charge in [0.05, 0.1) is 16.9 Å². The summed E-state index contributed by atoms with van der Waals surface area (Å²) >= 11 is 1.66. The molecule has 0 radical (unpaired) electrons. The van der Waals surface area contributed by atoms with E-state index in [0.717, 1.165) is 16.7 Å². The van der Waals surface area contributed by atoms with Crippen LogP contribution in [0.5, 0.6) is 0 Å². The molecule has 0 spiro atoms. The van der Waals surface area contributed by atoms with Gasteiger partial charge in [-0.3, -0.25) is 9.59 Å². The van der Waals surface area contributed by atoms with Crippen LogP contribution in [0.15, 0.2) is 66.7 Å². The van der Waals surface area contributed by atoms with Gasteiger partial charge in [-0.1, -0.05) is 68.4 Å². The largest absolute Gasteiger partial charge is 0.390 e. The molecule has 2 aromatic carbocycles. The van der Waals surface area contributed by atoms with Crippen molar-refractivity contribution in [3.8, 4) is 0 Å². The zero-order valence-electron chi connectivity index (χ0n) is 19.6. The second-order valence-corrected chi connectivity index (χ2v) is 10.4. The predicted molar refractivity (Wildman–Crippen MR) is 137 cm³/mol. The van der Waals surface area contributed by atoms with Gasteiger partial charge in [0, 0.05) is 24.2 Å². The Balaban J connectivity index is 1.41. The Morgan fingerprint density at radius 1 is 1.06 bits per heavy atom. The summed E-state index contributed by atoms with van der Waals surface area (Å²) in [7, 11) is 0. The SMILES string of the molecule is CC(C)CC(NC(=O)c1ccc2ccccc2n1)C(=O)N1CC(O)C(SCc2ccccc2)C1. The van der Waals surface area contributed by atoms with Crippen molar-refractivity contribution in [3.05, 3.63) is 78.0 Å². The molecule has 1 aliphatic rings. The molecule has 2 heterocycles. The Labute approximate surface area is 204 Å². The summed E-state index contributed by atoms with van der Waals surface area (Å²) < 4.78 is 0. The van der Waals surface area contributed by atoms with Gasteiger partial charge in [0.2, 0.25) is 5.91 Å². The fourth-order valence-electron chi connectivity index (χ4n) is 4.22. The lowest BCUT2D eigenvalue weighted by Gasteiger charge is -2.25. The third-order valence-corrected chi connectivity index (χ3v) is 7.39. The molecule has 34 heavy (non-hydrogen) atoms. The van der Waals surface area contributed by atoms with Crippen LogP contribution in [0.25, 0.3) is 10.9 Å². The van der Waals surface area contributed by atoms with Crippen molar-refractivity contribution in [1.82, 2.24) is 15.2 Å². The number of benzene rings is 2. The Kier molecular flexibility index (Phi) is 7.85. The number of carbonyl (C=O) groups excluding carboxylic acids is 2. The van der Waals surface area contributed by atoms with E-state index in [1.165, 1.54) is 5.56 Å². The summed E-state index contributed by atoms with van der Waals surface area (Å²) in [6.45, 7) is 4.80. The number of pyridine rings is 1. The predicted octanol–water partition coefficient (Wildman–Crippen LogP) is 3.88. The summed E-state index contributed by atoms with van der Waals surface area (Å²) in [4.78, 5) is 32.5. The molecule has 2 amide bonds. The lowest BCUT2D eigenvalue weighted by Crippen LogP contribution is -2.49. The normalized spacial score (nSPS) is 18.9. The molecule has 0 aliphatic carbocycles. The summed E-state index contributed by atoms with van der Waals surface area (Å²) in [6.07, 6.45) is -0.0673. The smallest absolute Gasteiger partial charge is 0.270 e. The zero-order valence-corrected chi connectivity index (χ0v) is 20.4. The number of β-amino-alcohol motifs (C(OH)–C–C–N with tert-alkyl or cyclic N) is 1. The highest BCUT2D eigenvalue weighted by Gasteiger charge is 2.37. The van der Waals surface area contributed by atoms with E-state index in [1.54, 1.807) is 22.7 Å². The standard InChI is InChI=1S/C27H31N3O3S/c1-18(2)14-23(29-26(32)22-13-12-20-10-6-7-11-21(20)28-22)27(33)30-15-24(31)25(16-30)34-17-19-8-4-3-5-9-19/h3-13,18,23-25,31H,14-17H2,1-2H3,(H,29,32). The number of hydrogen-bond acceptors (Lipinski definition) is 5. The number of hydrogen-bond donors (Lipinski definition) is 2. The molecule has 1 saturated heterocycles. The van der Waals surface area contributed by atoms with Gasteiger partial charge in [-0.15, -0.1) is 11.8 Å². The second kappa shape index (κ2) is 11.0. The molecule has 1 aliphatic heterocycles. The molecule has 6 nitrogen and oxygen atoms in total. The number of fused-ring (bicyclic) bond motifs is 1. The monoisotopic (exact) mass is 477 g/mol. The Bertz CT molecular complexity index is 1140. The third kappa shape index (κ3) is 5.96. The Hall–Kier alpha value is -2.90. The van der Waals surface area contributed by atoms with Gasteiger partial charge in [-0.2, -0.15) is 0 Å². The first-order valence-corrected chi connectivity index (χ1v) is 12.7. The maximum atomic E-state index is 13.4. The van der Waals surface area contributed by atoms with Gasteiger partial charge in [-0.05, 0) is 30.0 Å². The van der Waals surface area contributed by atoms with Crippen molar-refractivity contribution < 1.29 is 14.7 Å². The fourth-order valence-corrected chi connectivity index (χ4v) is 5.41. The molecule has 7 heteroatoms. The lowest BCUT2D eigenvalue weighted by molar-refractivity contribution is -0.133. The van der Waals surface area contributed by atoms with Crippen molar-refractivity contribution in [2.45, 2.75) is 43.4 Å². The van der Waals surface area contributed by atoms with Gasteiger partial charge in [-0.25, -0.2) is 4.98 Å². The van der Waals surface area contributed by atoms with Crippen molar-refractivity contribution in [2.24, 2.45) is 5.92 Å². The first-order chi connectivity index (χ1) is 16.4. The van der Waals surface area contributed by atoms with Crippen LogP contribution in [-0.4, -0.2) is 57.3 Å². The van der Waals surface area contributed by atoms with E-state index in [4.69, 9.17) is 0 Å². The Morgan fingerprint density at radius 3 is 2.56 bits per heavy atom. The summed E-state index contributed by atoms with van der Waals surface area (Å²) in [5.74, 6) is 0.489. The second-order valence-electron chi connectivity index (χ2n) is 9.19. The van der Waals surface area contributed by atoms with Crippen LogP contribution in [0.3, 0.4) is 0 Å². The number of nitrogens with zero attached hydrogens (tertiary/aromatic N) is 2. The number of amides is 2. The molecule has 3 aromatic rings. The molecule has 1 aromatic heterocycles. The maximum absolute atomic E-state index is 13.4. The fraction of sp³-hybridized carbons (Fsp3) is 0.370. The molecular formula is C27H31N3O3S. The van der Waals surface area contributed by atoms with E-state index in [-0.39, 0.29) is 35.2 Å². The average Bonchev–Trinajstić information content (AvgIpc) is 3.22. The van der Waals surface area contributed by atoms with Gasteiger partial charge in [0.1, 0.15) is 11.7 Å². The molecule has 3 atom stereocenters. The topological polar surface area (TPSA) is 82.5 Å². The van der Waals surface area contributed by atoms with E-state index < -0.39 is 12.1 Å². The van der Waals surface area contributed by atoms with Crippen molar-refractivity contribution >= 4 is 34.5 Å². The van der Waals surface area contributed by atoms with E-state index in [9.17, 15) is 14.7 Å². The number of para-hydroxylation sites is 1. The van der Waals surface area contributed by atoms with Crippen molar-refractivity contribution in [3.63, 3.8) is 0 Å². The number of thioether (sulfide) groups is 1. The minimum absolute atomic E-state index is 0.0540. The average molecular weight is 478 g/mol. The molecule has 2 N–H and O–H groups in total. The van der Waals surface area contributed by atoms with Crippen molar-refractivity contribution in [1.29, 1.82) is 0 Å². The lowest BCUT2D eigenvalue weighted by atomic mass is 10.0. The highest BCUT2D eigenvalue weighted by Crippen LogP contribution is 2.27. The highest BCUT2D eigenvalue weighted by molar-refractivity contribution is 7.99. The van der Waals surface area contributed by atoms with Crippen LogP contribution < -0.4 is 5.32 Å². The van der Waals surface area contributed by atoms with Crippen LogP contribution in [0.4, 0.5) is 0 Å². The van der Waals surface area contributed by atoms with Crippen LogP contribution in [0.2, 0.25) is 0 Å². The Morgan fingerprint density at radius 2 is 1.79 bits per heavy atom. The number of aliphatic hydroxyl groups excluding tert-OH is 1. The first kappa shape index (κ1) is 24.2. The number of nitrogens with one attached hydrogen (secondary N) is 1. The quantitative estimate of drug-likeness (QED) is 0.515. The van der Waals surface area contributed by atoms with Gasteiger partial charge < -0.3 is 15.3 Å². The molecule has 1 fully saturated rings. The van der Waals surface area contributed by atoms with Gasteiger partial charge in [0.25, 0.3) is 5.91 Å². The number of aromatic nitrogens is 1. The van der Waals surface area contributed by atoms with Crippen LogP contribution in [-0.2, 0) is 10.5 Å². The minimum atomic E-state index is -0.661.